The van der Waals surface area contributed by atoms with E-state index in [-0.39, 0.29) is 0 Å². The van der Waals surface area contributed by atoms with E-state index in [9.17, 15) is 0 Å². The van der Waals surface area contributed by atoms with Crippen LogP contribution in [0.15, 0.2) is 30.3 Å². The van der Waals surface area contributed by atoms with Crippen molar-refractivity contribution in [3.8, 4) is 0 Å². The van der Waals surface area contributed by atoms with Crippen molar-refractivity contribution in [2.75, 3.05) is 33.2 Å². The molecule has 1 aromatic rings. The quantitative estimate of drug-likeness (QED) is 0.890. The van der Waals surface area contributed by atoms with E-state index in [2.05, 4.69) is 59.4 Å². The van der Waals surface area contributed by atoms with Crippen molar-refractivity contribution >= 4 is 0 Å². The predicted octanol–water partition coefficient (Wildman–Crippen LogP) is 2.12. The fourth-order valence-electron chi connectivity index (χ4n) is 3.75. The Kier molecular flexibility index (Phi) is 4.39. The summed E-state index contributed by atoms with van der Waals surface area (Å²) < 4.78 is 0. The van der Waals surface area contributed by atoms with Gasteiger partial charge in [0.05, 0.1) is 0 Å². The standard InChI is InChI=1S/C17H27N3/c1-14-12-16(8-9-18-14)20-11-10-19(2)13-17(20)15-6-4-3-5-7-15/h3-7,14,16-18H,8-13H2,1-2H3. The molecule has 0 saturated carbocycles. The number of piperazine rings is 1. The summed E-state index contributed by atoms with van der Waals surface area (Å²) >= 11 is 0. The van der Waals surface area contributed by atoms with Crippen molar-refractivity contribution in [3.05, 3.63) is 35.9 Å². The predicted molar refractivity (Wildman–Crippen MR) is 83.9 cm³/mol. The van der Waals surface area contributed by atoms with Crippen LogP contribution in [0.3, 0.4) is 0 Å². The molecule has 110 valence electrons. The lowest BCUT2D eigenvalue weighted by Gasteiger charge is -2.46. The third-order valence-corrected chi connectivity index (χ3v) is 4.87. The summed E-state index contributed by atoms with van der Waals surface area (Å²) in [6.07, 6.45) is 2.57. The Bertz CT molecular complexity index is 420. The van der Waals surface area contributed by atoms with Gasteiger partial charge >= 0.3 is 0 Å². The molecule has 2 saturated heterocycles. The Labute approximate surface area is 123 Å². The summed E-state index contributed by atoms with van der Waals surface area (Å²) in [7, 11) is 2.25. The number of likely N-dealkylation sites (N-methyl/N-ethyl adjacent to an activating group) is 1. The summed E-state index contributed by atoms with van der Waals surface area (Å²) in [6.45, 7) is 7.04. The van der Waals surface area contributed by atoms with E-state index in [1.807, 2.05) is 0 Å². The highest BCUT2D eigenvalue weighted by Crippen LogP contribution is 2.30. The lowest BCUT2D eigenvalue weighted by atomic mass is 9.93. The third kappa shape index (κ3) is 3.05. The normalized spacial score (nSPS) is 33.2. The van der Waals surface area contributed by atoms with Gasteiger partial charge in [-0.05, 0) is 38.9 Å². The Morgan fingerprint density at radius 3 is 2.70 bits per heavy atom. The molecule has 3 nitrogen and oxygen atoms in total. The molecular formula is C17H27N3. The van der Waals surface area contributed by atoms with Crippen molar-refractivity contribution in [2.45, 2.75) is 37.9 Å². The minimum Gasteiger partial charge on any atom is -0.314 e. The highest BCUT2D eigenvalue weighted by Gasteiger charge is 2.33. The van der Waals surface area contributed by atoms with E-state index in [1.165, 1.54) is 38.0 Å². The van der Waals surface area contributed by atoms with Crippen LogP contribution in [0, 0.1) is 0 Å². The lowest BCUT2D eigenvalue weighted by molar-refractivity contribution is 0.0335. The van der Waals surface area contributed by atoms with E-state index in [1.54, 1.807) is 0 Å². The van der Waals surface area contributed by atoms with E-state index in [0.29, 0.717) is 12.1 Å². The molecule has 0 spiro atoms. The summed E-state index contributed by atoms with van der Waals surface area (Å²) in [5, 5.41) is 3.58. The highest BCUT2D eigenvalue weighted by molar-refractivity contribution is 5.20. The van der Waals surface area contributed by atoms with Gasteiger partial charge in [0.15, 0.2) is 0 Å². The molecule has 3 unspecified atom stereocenters. The van der Waals surface area contributed by atoms with Gasteiger partial charge in [-0.15, -0.1) is 0 Å². The first kappa shape index (κ1) is 14.1. The number of benzene rings is 1. The number of hydrogen-bond donors (Lipinski definition) is 1. The molecular weight excluding hydrogens is 246 g/mol. The first-order chi connectivity index (χ1) is 9.74. The van der Waals surface area contributed by atoms with Gasteiger partial charge in [0.25, 0.3) is 0 Å². The SMILES string of the molecule is CC1CC(N2CCN(C)CC2c2ccccc2)CCN1. The maximum Gasteiger partial charge on any atom is 0.0478 e. The minimum atomic E-state index is 0.560. The molecule has 2 aliphatic heterocycles. The van der Waals surface area contributed by atoms with Crippen molar-refractivity contribution < 1.29 is 0 Å². The first-order valence-corrected chi connectivity index (χ1v) is 7.96. The zero-order valence-electron chi connectivity index (χ0n) is 12.8. The van der Waals surface area contributed by atoms with Crippen molar-refractivity contribution in [1.29, 1.82) is 0 Å². The molecule has 2 heterocycles. The molecule has 0 radical (unpaired) electrons. The van der Waals surface area contributed by atoms with Crippen LogP contribution in [0.25, 0.3) is 0 Å². The van der Waals surface area contributed by atoms with Crippen LogP contribution in [0.2, 0.25) is 0 Å². The number of rotatable bonds is 2. The maximum atomic E-state index is 3.58. The number of piperidine rings is 1. The van der Waals surface area contributed by atoms with Crippen molar-refractivity contribution in [3.63, 3.8) is 0 Å². The molecule has 0 amide bonds. The summed E-state index contributed by atoms with van der Waals surface area (Å²) in [6, 6.07) is 13.0. The molecule has 3 rings (SSSR count). The smallest absolute Gasteiger partial charge is 0.0478 e. The van der Waals surface area contributed by atoms with E-state index < -0.39 is 0 Å². The molecule has 1 N–H and O–H groups in total. The largest absolute Gasteiger partial charge is 0.314 e. The van der Waals surface area contributed by atoms with Crippen LogP contribution in [-0.4, -0.2) is 55.1 Å². The zero-order valence-corrected chi connectivity index (χ0v) is 12.8. The second kappa shape index (κ2) is 6.25. The van der Waals surface area contributed by atoms with Crippen LogP contribution < -0.4 is 5.32 Å². The topological polar surface area (TPSA) is 18.5 Å². The van der Waals surface area contributed by atoms with Gasteiger partial charge in [-0.1, -0.05) is 30.3 Å². The Morgan fingerprint density at radius 2 is 1.95 bits per heavy atom. The second-order valence-corrected chi connectivity index (χ2v) is 6.46. The maximum absolute atomic E-state index is 3.58. The fourth-order valence-corrected chi connectivity index (χ4v) is 3.75. The third-order valence-electron chi connectivity index (χ3n) is 4.87. The molecule has 0 aromatic heterocycles. The Balaban J connectivity index is 1.79. The van der Waals surface area contributed by atoms with Gasteiger partial charge in [0.1, 0.15) is 0 Å². The van der Waals surface area contributed by atoms with E-state index >= 15 is 0 Å². The fraction of sp³-hybridized carbons (Fsp3) is 0.647. The molecule has 2 aliphatic rings. The van der Waals surface area contributed by atoms with E-state index in [0.717, 1.165) is 12.6 Å². The Morgan fingerprint density at radius 1 is 1.15 bits per heavy atom. The van der Waals surface area contributed by atoms with Crippen molar-refractivity contribution in [1.82, 2.24) is 15.1 Å². The molecule has 3 atom stereocenters. The number of hydrogen-bond acceptors (Lipinski definition) is 3. The summed E-state index contributed by atoms with van der Waals surface area (Å²) in [4.78, 5) is 5.24. The summed E-state index contributed by atoms with van der Waals surface area (Å²) in [5.41, 5.74) is 1.48. The van der Waals surface area contributed by atoms with Gasteiger partial charge in [-0.25, -0.2) is 0 Å². The first-order valence-electron chi connectivity index (χ1n) is 7.96. The van der Waals surface area contributed by atoms with Crippen LogP contribution in [0.5, 0.6) is 0 Å². The van der Waals surface area contributed by atoms with Gasteiger partial charge in [0, 0.05) is 37.8 Å². The van der Waals surface area contributed by atoms with Crippen LogP contribution >= 0.6 is 0 Å². The minimum absolute atomic E-state index is 0.560. The van der Waals surface area contributed by atoms with Gasteiger partial charge in [-0.3, -0.25) is 4.90 Å². The molecule has 0 bridgehead atoms. The van der Waals surface area contributed by atoms with Crippen LogP contribution in [0.1, 0.15) is 31.4 Å². The summed E-state index contributed by atoms with van der Waals surface area (Å²) in [5.74, 6) is 0. The molecule has 2 fully saturated rings. The van der Waals surface area contributed by atoms with Gasteiger partial charge in [-0.2, -0.15) is 0 Å². The molecule has 3 heteroatoms. The lowest BCUT2D eigenvalue weighted by Crippen LogP contribution is -2.54. The van der Waals surface area contributed by atoms with Gasteiger partial charge in [0.2, 0.25) is 0 Å². The Hall–Kier alpha value is -0.900. The van der Waals surface area contributed by atoms with Gasteiger partial charge < -0.3 is 10.2 Å². The van der Waals surface area contributed by atoms with Crippen molar-refractivity contribution in [2.24, 2.45) is 0 Å². The highest BCUT2D eigenvalue weighted by atomic mass is 15.3. The monoisotopic (exact) mass is 273 g/mol. The second-order valence-electron chi connectivity index (χ2n) is 6.46. The number of nitrogens with one attached hydrogen (secondary N) is 1. The van der Waals surface area contributed by atoms with Crippen LogP contribution in [-0.2, 0) is 0 Å². The molecule has 0 aliphatic carbocycles. The van der Waals surface area contributed by atoms with E-state index in [4.69, 9.17) is 0 Å². The molecule has 20 heavy (non-hydrogen) atoms. The molecule has 1 aromatic carbocycles. The average molecular weight is 273 g/mol. The number of nitrogens with zero attached hydrogens (tertiary/aromatic N) is 2. The zero-order chi connectivity index (χ0) is 13.9. The van der Waals surface area contributed by atoms with Crippen LogP contribution in [0.4, 0.5) is 0 Å². The average Bonchev–Trinajstić information content (AvgIpc) is 2.48.